The molecule has 2 aromatic carbocycles. The molecule has 0 amide bonds. The van der Waals surface area contributed by atoms with E-state index in [1.807, 2.05) is 6.92 Å². The summed E-state index contributed by atoms with van der Waals surface area (Å²) in [6.45, 7) is 4.61. The Kier molecular flexibility index (Phi) is 6.37. The topological polar surface area (TPSA) is 61.8 Å². The molecule has 0 bridgehead atoms. The number of hydrogen-bond donors (Lipinski definition) is 0. The van der Waals surface area contributed by atoms with Gasteiger partial charge in [-0.05, 0) is 49.7 Å². The lowest BCUT2D eigenvalue weighted by molar-refractivity contribution is 0.0524. The fraction of sp³-hybridized carbons (Fsp3) is 0.263. The summed E-state index contributed by atoms with van der Waals surface area (Å²) in [5.74, 6) is -0.0691. The molecule has 0 aliphatic carbocycles. The molecule has 0 radical (unpaired) electrons. The maximum Gasteiger partial charge on any atom is 0.343 e. The van der Waals surface area contributed by atoms with Crippen molar-refractivity contribution in [1.29, 1.82) is 0 Å². The Morgan fingerprint density at radius 1 is 0.875 bits per heavy atom. The molecule has 126 valence electrons. The van der Waals surface area contributed by atoms with Crippen LogP contribution in [0.3, 0.4) is 0 Å². The lowest BCUT2D eigenvalue weighted by Gasteiger charge is -2.08. The second-order valence-corrected chi connectivity index (χ2v) is 5.01. The van der Waals surface area contributed by atoms with Crippen LogP contribution in [0, 0.1) is 0 Å². The maximum absolute atomic E-state index is 12.3. The van der Waals surface area contributed by atoms with Crippen molar-refractivity contribution < 1.29 is 23.8 Å². The Labute approximate surface area is 141 Å². The minimum atomic E-state index is -0.516. The van der Waals surface area contributed by atoms with Crippen LogP contribution in [0.1, 0.15) is 41.0 Å². The van der Waals surface area contributed by atoms with Crippen LogP contribution < -0.4 is 9.47 Å². The van der Waals surface area contributed by atoms with Gasteiger partial charge in [0.2, 0.25) is 0 Å². The van der Waals surface area contributed by atoms with Gasteiger partial charge in [-0.3, -0.25) is 0 Å². The third-order valence-corrected chi connectivity index (χ3v) is 3.10. The standard InChI is InChI=1S/C19H20O5/c1-3-11-23-16-9-5-8-15(12-16)19(21)24-17-10-6-7-14(13-17)18(20)22-4-2/h5-10,12-13H,3-4,11H2,1-2H3. The highest BCUT2D eigenvalue weighted by atomic mass is 16.5. The summed E-state index contributed by atoms with van der Waals surface area (Å²) in [7, 11) is 0. The molecular formula is C19H20O5. The molecule has 24 heavy (non-hydrogen) atoms. The first-order chi connectivity index (χ1) is 11.6. The molecule has 2 aromatic rings. The number of carbonyl (C=O) groups excluding carboxylic acids is 2. The van der Waals surface area contributed by atoms with Gasteiger partial charge in [-0.2, -0.15) is 0 Å². The summed E-state index contributed by atoms with van der Waals surface area (Å²) >= 11 is 0. The molecule has 0 aromatic heterocycles. The molecule has 5 nitrogen and oxygen atoms in total. The normalized spacial score (nSPS) is 10.1. The summed E-state index contributed by atoms with van der Waals surface area (Å²) in [5.41, 5.74) is 0.715. The third-order valence-electron chi connectivity index (χ3n) is 3.10. The molecule has 0 aliphatic rings. The second kappa shape index (κ2) is 8.72. The minimum Gasteiger partial charge on any atom is -0.494 e. The van der Waals surface area contributed by atoms with Gasteiger partial charge in [-0.25, -0.2) is 9.59 Å². The minimum absolute atomic E-state index is 0.283. The molecule has 0 saturated heterocycles. The zero-order valence-corrected chi connectivity index (χ0v) is 13.8. The van der Waals surface area contributed by atoms with Gasteiger partial charge >= 0.3 is 11.9 Å². The highest BCUT2D eigenvalue weighted by molar-refractivity contribution is 5.93. The molecule has 2 rings (SSSR count). The molecule has 0 heterocycles. The summed E-state index contributed by atoms with van der Waals surface area (Å²) in [6, 6.07) is 13.1. The van der Waals surface area contributed by atoms with Gasteiger partial charge < -0.3 is 14.2 Å². The SMILES string of the molecule is CCCOc1cccc(C(=O)Oc2cccc(C(=O)OCC)c2)c1. The van der Waals surface area contributed by atoms with Crippen LogP contribution in [0.15, 0.2) is 48.5 Å². The van der Waals surface area contributed by atoms with E-state index < -0.39 is 11.9 Å². The number of hydrogen-bond acceptors (Lipinski definition) is 5. The molecule has 0 spiro atoms. The van der Waals surface area contributed by atoms with Crippen molar-refractivity contribution in [3.8, 4) is 11.5 Å². The molecule has 0 aliphatic heterocycles. The molecule has 0 fully saturated rings. The highest BCUT2D eigenvalue weighted by Gasteiger charge is 2.12. The quantitative estimate of drug-likeness (QED) is 0.570. The maximum atomic E-state index is 12.3. The van der Waals surface area contributed by atoms with Crippen LogP contribution in [0.2, 0.25) is 0 Å². The average Bonchev–Trinajstić information content (AvgIpc) is 2.60. The zero-order valence-electron chi connectivity index (χ0n) is 13.8. The number of benzene rings is 2. The molecular weight excluding hydrogens is 308 g/mol. The average molecular weight is 328 g/mol. The number of esters is 2. The van der Waals surface area contributed by atoms with Crippen LogP contribution in [0.4, 0.5) is 0 Å². The van der Waals surface area contributed by atoms with Crippen molar-refractivity contribution >= 4 is 11.9 Å². The van der Waals surface area contributed by atoms with E-state index in [4.69, 9.17) is 14.2 Å². The Balaban J connectivity index is 2.09. The Bertz CT molecular complexity index is 708. The van der Waals surface area contributed by atoms with E-state index in [9.17, 15) is 9.59 Å². The molecule has 0 N–H and O–H groups in total. The van der Waals surface area contributed by atoms with E-state index in [0.29, 0.717) is 23.5 Å². The zero-order chi connectivity index (χ0) is 17.4. The third kappa shape index (κ3) is 4.84. The van der Waals surface area contributed by atoms with E-state index in [2.05, 4.69) is 0 Å². The fourth-order valence-corrected chi connectivity index (χ4v) is 2.00. The fourth-order valence-electron chi connectivity index (χ4n) is 2.00. The smallest absolute Gasteiger partial charge is 0.343 e. The highest BCUT2D eigenvalue weighted by Crippen LogP contribution is 2.18. The second-order valence-electron chi connectivity index (χ2n) is 5.01. The van der Waals surface area contributed by atoms with Crippen molar-refractivity contribution in [2.75, 3.05) is 13.2 Å². The van der Waals surface area contributed by atoms with Crippen LogP contribution in [0.5, 0.6) is 11.5 Å². The predicted octanol–water partition coefficient (Wildman–Crippen LogP) is 3.87. The van der Waals surface area contributed by atoms with E-state index in [1.165, 1.54) is 6.07 Å². The monoisotopic (exact) mass is 328 g/mol. The first-order valence-corrected chi connectivity index (χ1v) is 7.86. The van der Waals surface area contributed by atoms with Crippen LogP contribution in [0.25, 0.3) is 0 Å². The molecule has 5 heteroatoms. The van der Waals surface area contributed by atoms with E-state index in [0.717, 1.165) is 6.42 Å². The Hall–Kier alpha value is -2.82. The van der Waals surface area contributed by atoms with Crippen molar-refractivity contribution in [2.45, 2.75) is 20.3 Å². The van der Waals surface area contributed by atoms with Crippen molar-refractivity contribution in [1.82, 2.24) is 0 Å². The molecule has 0 unspecified atom stereocenters. The first kappa shape index (κ1) is 17.5. The lowest BCUT2D eigenvalue weighted by Crippen LogP contribution is -2.10. The van der Waals surface area contributed by atoms with Crippen LogP contribution in [-0.2, 0) is 4.74 Å². The van der Waals surface area contributed by atoms with Crippen LogP contribution >= 0.6 is 0 Å². The number of carbonyl (C=O) groups is 2. The van der Waals surface area contributed by atoms with Crippen molar-refractivity contribution in [2.24, 2.45) is 0 Å². The van der Waals surface area contributed by atoms with Gasteiger partial charge in [0.25, 0.3) is 0 Å². The van der Waals surface area contributed by atoms with Gasteiger partial charge in [-0.15, -0.1) is 0 Å². The lowest BCUT2D eigenvalue weighted by atomic mass is 10.2. The number of ether oxygens (including phenoxy) is 3. The van der Waals surface area contributed by atoms with Gasteiger partial charge in [-0.1, -0.05) is 19.1 Å². The number of rotatable bonds is 7. The van der Waals surface area contributed by atoms with Gasteiger partial charge in [0.05, 0.1) is 24.3 Å². The molecule has 0 saturated carbocycles. The summed E-state index contributed by atoms with van der Waals surface area (Å²) in [5, 5.41) is 0. The first-order valence-electron chi connectivity index (χ1n) is 7.86. The summed E-state index contributed by atoms with van der Waals surface area (Å²) < 4.78 is 15.8. The summed E-state index contributed by atoms with van der Waals surface area (Å²) in [4.78, 5) is 24.0. The van der Waals surface area contributed by atoms with E-state index >= 15 is 0 Å². The molecule has 0 atom stereocenters. The summed E-state index contributed by atoms with van der Waals surface area (Å²) in [6.07, 6.45) is 0.884. The van der Waals surface area contributed by atoms with E-state index in [-0.39, 0.29) is 12.4 Å². The van der Waals surface area contributed by atoms with Gasteiger partial charge in [0.15, 0.2) is 0 Å². The van der Waals surface area contributed by atoms with Crippen molar-refractivity contribution in [3.05, 3.63) is 59.7 Å². The van der Waals surface area contributed by atoms with Gasteiger partial charge in [0, 0.05) is 0 Å². The van der Waals surface area contributed by atoms with E-state index in [1.54, 1.807) is 49.4 Å². The van der Waals surface area contributed by atoms with Crippen LogP contribution in [-0.4, -0.2) is 25.2 Å². The predicted molar refractivity (Wildman–Crippen MR) is 89.6 cm³/mol. The Morgan fingerprint density at radius 2 is 1.50 bits per heavy atom. The largest absolute Gasteiger partial charge is 0.494 e. The van der Waals surface area contributed by atoms with Crippen molar-refractivity contribution in [3.63, 3.8) is 0 Å². The Morgan fingerprint density at radius 3 is 2.17 bits per heavy atom. The van der Waals surface area contributed by atoms with Gasteiger partial charge in [0.1, 0.15) is 11.5 Å².